The van der Waals surface area contributed by atoms with Crippen molar-refractivity contribution in [1.82, 2.24) is 0 Å². The molecule has 0 saturated carbocycles. The highest BCUT2D eigenvalue weighted by Crippen LogP contribution is 2.33. The van der Waals surface area contributed by atoms with Crippen molar-refractivity contribution in [2.75, 3.05) is 0 Å². The first kappa shape index (κ1) is 14.8. The number of hydrogen-bond acceptors (Lipinski definition) is 3. The van der Waals surface area contributed by atoms with E-state index in [9.17, 15) is 8.78 Å². The van der Waals surface area contributed by atoms with Crippen LogP contribution in [0.2, 0.25) is 0 Å². The average molecular weight is 359 g/mol. The number of hydrogen-bond donors (Lipinski definition) is 2. The Morgan fingerprint density at radius 3 is 2.40 bits per heavy atom. The molecule has 0 heterocycles. The van der Waals surface area contributed by atoms with Crippen molar-refractivity contribution in [2.24, 2.45) is 10.9 Å². The van der Waals surface area contributed by atoms with E-state index in [2.05, 4.69) is 21.1 Å². The minimum absolute atomic E-state index is 0.0129. The van der Waals surface area contributed by atoms with Gasteiger partial charge in [0.25, 0.3) is 0 Å². The molecule has 2 aromatic rings. The van der Waals surface area contributed by atoms with Crippen molar-refractivity contribution >= 4 is 33.5 Å². The van der Waals surface area contributed by atoms with Crippen LogP contribution in [-0.2, 0) is 0 Å². The first-order valence-corrected chi connectivity index (χ1v) is 7.02. The van der Waals surface area contributed by atoms with Gasteiger partial charge in [-0.1, -0.05) is 38.9 Å². The third-order valence-electron chi connectivity index (χ3n) is 2.42. The van der Waals surface area contributed by atoms with E-state index in [4.69, 9.17) is 10.9 Å². The van der Waals surface area contributed by atoms with Crippen LogP contribution in [0.3, 0.4) is 0 Å². The molecule has 0 bridgehead atoms. The molecule has 0 fully saturated rings. The van der Waals surface area contributed by atoms with Gasteiger partial charge < -0.3 is 10.9 Å². The topological polar surface area (TPSA) is 58.6 Å². The molecule has 3 N–H and O–H groups in total. The summed E-state index contributed by atoms with van der Waals surface area (Å²) in [7, 11) is 0. The number of oxime groups is 1. The molecule has 3 nitrogen and oxygen atoms in total. The second-order valence-corrected chi connectivity index (χ2v) is 5.81. The Hall–Kier alpha value is -1.60. The number of nitrogens with two attached hydrogens (primary N) is 1. The molecule has 0 amide bonds. The van der Waals surface area contributed by atoms with Crippen LogP contribution >= 0.6 is 27.7 Å². The lowest BCUT2D eigenvalue weighted by molar-refractivity contribution is 0.318. The van der Waals surface area contributed by atoms with Gasteiger partial charge >= 0.3 is 0 Å². The summed E-state index contributed by atoms with van der Waals surface area (Å²) in [5.74, 6) is -1.88. The maximum Gasteiger partial charge on any atom is 0.170 e. The van der Waals surface area contributed by atoms with E-state index in [1.54, 1.807) is 18.2 Å². The fourth-order valence-corrected chi connectivity index (χ4v) is 2.94. The average Bonchev–Trinajstić information content (AvgIpc) is 2.42. The van der Waals surface area contributed by atoms with E-state index in [0.29, 0.717) is 4.90 Å². The van der Waals surface area contributed by atoms with Gasteiger partial charge in [-0.3, -0.25) is 0 Å². The van der Waals surface area contributed by atoms with Crippen molar-refractivity contribution in [3.8, 4) is 0 Å². The minimum atomic E-state index is -0.767. The zero-order chi connectivity index (χ0) is 14.7. The molecule has 2 rings (SSSR count). The highest BCUT2D eigenvalue weighted by molar-refractivity contribution is 9.10. The van der Waals surface area contributed by atoms with E-state index < -0.39 is 11.6 Å². The lowest BCUT2D eigenvalue weighted by Gasteiger charge is -2.07. The fraction of sp³-hybridized carbons (Fsp3) is 0. The maximum atomic E-state index is 13.9. The first-order valence-electron chi connectivity index (χ1n) is 5.41. The van der Waals surface area contributed by atoms with Gasteiger partial charge in [0.2, 0.25) is 0 Å². The maximum absolute atomic E-state index is 13.9. The summed E-state index contributed by atoms with van der Waals surface area (Å²) < 4.78 is 28.7. The quantitative estimate of drug-likeness (QED) is 0.377. The van der Waals surface area contributed by atoms with Gasteiger partial charge in [0.15, 0.2) is 5.84 Å². The summed E-state index contributed by atoms with van der Waals surface area (Å²) >= 11 is 4.25. The normalized spacial score (nSPS) is 11.7. The standard InChI is InChI=1S/C13H9BrF2N2OS/c14-8-2-1-3-9(6-8)20-12-10(15)4-7(5-11(12)16)13(17)18-19/h1-6,19H,(H2,17,18). The molecule has 0 saturated heterocycles. The third kappa shape index (κ3) is 3.29. The molecule has 0 aliphatic carbocycles. The number of halogens is 3. The molecule has 7 heteroatoms. The molecule has 104 valence electrons. The van der Waals surface area contributed by atoms with Crippen LogP contribution in [0.1, 0.15) is 5.56 Å². The van der Waals surface area contributed by atoms with Crippen molar-refractivity contribution in [2.45, 2.75) is 9.79 Å². The Morgan fingerprint density at radius 1 is 1.20 bits per heavy atom. The minimum Gasteiger partial charge on any atom is -0.409 e. The molecule has 0 spiro atoms. The number of amidine groups is 1. The van der Waals surface area contributed by atoms with Crippen LogP contribution in [-0.4, -0.2) is 11.0 Å². The van der Waals surface area contributed by atoms with Crippen LogP contribution in [0.25, 0.3) is 0 Å². The molecule has 0 unspecified atom stereocenters. The molecule has 0 aliphatic heterocycles. The fourth-order valence-electron chi connectivity index (χ4n) is 1.51. The largest absolute Gasteiger partial charge is 0.409 e. The lowest BCUT2D eigenvalue weighted by Crippen LogP contribution is -2.14. The predicted molar refractivity (Wildman–Crippen MR) is 77.1 cm³/mol. The number of benzene rings is 2. The predicted octanol–water partition coefficient (Wildman–Crippen LogP) is 3.97. The van der Waals surface area contributed by atoms with E-state index in [-0.39, 0.29) is 16.3 Å². The van der Waals surface area contributed by atoms with Gasteiger partial charge in [-0.2, -0.15) is 0 Å². The van der Waals surface area contributed by atoms with Gasteiger partial charge in [-0.15, -0.1) is 0 Å². The smallest absolute Gasteiger partial charge is 0.170 e. The van der Waals surface area contributed by atoms with E-state index in [1.807, 2.05) is 6.07 Å². The summed E-state index contributed by atoms with van der Waals surface area (Å²) in [6.07, 6.45) is 0. The summed E-state index contributed by atoms with van der Waals surface area (Å²) in [6, 6.07) is 9.13. The second-order valence-electron chi connectivity index (χ2n) is 3.81. The number of nitrogens with zero attached hydrogens (tertiary/aromatic N) is 1. The third-order valence-corrected chi connectivity index (χ3v) is 3.99. The van der Waals surface area contributed by atoms with E-state index >= 15 is 0 Å². The van der Waals surface area contributed by atoms with Crippen molar-refractivity contribution in [3.05, 3.63) is 58.1 Å². The molecule has 0 aromatic heterocycles. The van der Waals surface area contributed by atoms with Crippen LogP contribution in [0.15, 0.2) is 55.8 Å². The lowest BCUT2D eigenvalue weighted by atomic mass is 10.2. The molecular formula is C13H9BrF2N2OS. The first-order chi connectivity index (χ1) is 9.51. The van der Waals surface area contributed by atoms with Crippen molar-refractivity contribution < 1.29 is 14.0 Å². The van der Waals surface area contributed by atoms with Crippen LogP contribution in [0, 0.1) is 11.6 Å². The molecule has 0 atom stereocenters. The Labute approximate surface area is 126 Å². The highest BCUT2D eigenvalue weighted by Gasteiger charge is 2.14. The van der Waals surface area contributed by atoms with E-state index in [0.717, 1.165) is 28.4 Å². The zero-order valence-electron chi connectivity index (χ0n) is 9.98. The molecule has 0 radical (unpaired) electrons. The summed E-state index contributed by atoms with van der Waals surface area (Å²) in [5.41, 5.74) is 5.30. The second kappa shape index (κ2) is 6.23. The van der Waals surface area contributed by atoms with Crippen molar-refractivity contribution in [3.63, 3.8) is 0 Å². The molecule has 0 aliphatic rings. The van der Waals surface area contributed by atoms with Gasteiger partial charge in [-0.05, 0) is 30.3 Å². The Morgan fingerprint density at radius 2 is 1.85 bits per heavy atom. The van der Waals surface area contributed by atoms with Gasteiger partial charge in [0.05, 0.1) is 4.90 Å². The van der Waals surface area contributed by atoms with Crippen molar-refractivity contribution in [1.29, 1.82) is 0 Å². The van der Waals surface area contributed by atoms with Gasteiger partial charge in [0.1, 0.15) is 11.6 Å². The Bertz CT molecular complexity index is 656. The molecular weight excluding hydrogens is 350 g/mol. The zero-order valence-corrected chi connectivity index (χ0v) is 12.4. The van der Waals surface area contributed by atoms with E-state index in [1.165, 1.54) is 0 Å². The van der Waals surface area contributed by atoms with Gasteiger partial charge in [-0.25, -0.2) is 8.78 Å². The summed E-state index contributed by atoms with van der Waals surface area (Å²) in [5, 5.41) is 11.2. The molecule has 2 aromatic carbocycles. The number of rotatable bonds is 3. The Balaban J connectivity index is 2.38. The monoisotopic (exact) mass is 358 g/mol. The summed E-state index contributed by atoms with van der Waals surface area (Å²) in [4.78, 5) is 0.548. The molecule has 20 heavy (non-hydrogen) atoms. The summed E-state index contributed by atoms with van der Waals surface area (Å²) in [6.45, 7) is 0. The highest BCUT2D eigenvalue weighted by atomic mass is 79.9. The SMILES string of the molecule is N/C(=N/O)c1cc(F)c(Sc2cccc(Br)c2)c(F)c1. The Kier molecular flexibility index (Phi) is 4.61. The van der Waals surface area contributed by atoms with Gasteiger partial charge in [0, 0.05) is 14.9 Å². The van der Waals surface area contributed by atoms with Crippen LogP contribution < -0.4 is 5.73 Å². The van der Waals surface area contributed by atoms with Crippen LogP contribution in [0.5, 0.6) is 0 Å². The van der Waals surface area contributed by atoms with Crippen LogP contribution in [0.4, 0.5) is 8.78 Å².